The molecule has 0 radical (unpaired) electrons. The number of amides is 1. The molecule has 0 saturated heterocycles. The minimum atomic E-state index is 0.708. The van der Waals surface area contributed by atoms with Gasteiger partial charge >= 0.3 is 0 Å². The molecule has 0 aromatic heterocycles. The van der Waals surface area contributed by atoms with Crippen LogP contribution in [-0.2, 0) is 4.79 Å². The fourth-order valence-electron chi connectivity index (χ4n) is 0.571. The normalized spacial score (nSPS) is 9.78. The number of rotatable bonds is 4. The minimum absolute atomic E-state index is 0.708. The van der Waals surface area contributed by atoms with Gasteiger partial charge in [-0.3, -0.25) is 9.69 Å². The number of carbonyl (C=O) groups excluding carboxylic acids is 1. The molecule has 0 rings (SSSR count). The second kappa shape index (κ2) is 4.32. The van der Waals surface area contributed by atoms with Crippen LogP contribution in [-0.4, -0.2) is 43.5 Å². The molecule has 3 heteroatoms. The molecule has 9 heavy (non-hydrogen) atoms. The molecule has 0 aliphatic carbocycles. The first-order valence-corrected chi connectivity index (χ1v) is 3.04. The van der Waals surface area contributed by atoms with E-state index >= 15 is 0 Å². The Morgan fingerprint density at radius 2 is 2.00 bits per heavy atom. The lowest BCUT2D eigenvalue weighted by Crippen LogP contribution is -2.32. The SMILES string of the molecule is CCN(C=O)CN(C)C. The van der Waals surface area contributed by atoms with E-state index in [9.17, 15) is 4.79 Å². The lowest BCUT2D eigenvalue weighted by Gasteiger charge is -2.19. The van der Waals surface area contributed by atoms with Crippen LogP contribution < -0.4 is 0 Å². The summed E-state index contributed by atoms with van der Waals surface area (Å²) in [4.78, 5) is 13.8. The smallest absolute Gasteiger partial charge is 0.210 e. The van der Waals surface area contributed by atoms with Gasteiger partial charge in [-0.2, -0.15) is 0 Å². The first-order valence-electron chi connectivity index (χ1n) is 3.04. The Kier molecular flexibility index (Phi) is 4.05. The van der Waals surface area contributed by atoms with Crippen molar-refractivity contribution in [2.24, 2.45) is 0 Å². The van der Waals surface area contributed by atoms with E-state index in [-0.39, 0.29) is 0 Å². The number of hydrogen-bond donors (Lipinski definition) is 0. The molecule has 0 unspecified atom stereocenters. The number of carbonyl (C=O) groups is 1. The summed E-state index contributed by atoms with van der Waals surface area (Å²) in [6.45, 7) is 3.44. The molecule has 0 aliphatic rings. The average Bonchev–Trinajstić information content (AvgIpc) is 1.82. The van der Waals surface area contributed by atoms with Gasteiger partial charge in [-0.25, -0.2) is 0 Å². The average molecular weight is 130 g/mol. The monoisotopic (exact) mass is 130 g/mol. The summed E-state index contributed by atoms with van der Waals surface area (Å²) in [5.41, 5.74) is 0. The van der Waals surface area contributed by atoms with Gasteiger partial charge in [0.25, 0.3) is 0 Å². The van der Waals surface area contributed by atoms with Crippen LogP contribution in [0.2, 0.25) is 0 Å². The van der Waals surface area contributed by atoms with Crippen molar-refractivity contribution in [1.82, 2.24) is 9.80 Å². The number of hydrogen-bond acceptors (Lipinski definition) is 2. The van der Waals surface area contributed by atoms with E-state index in [1.807, 2.05) is 25.9 Å². The summed E-state index contributed by atoms with van der Waals surface area (Å²) in [7, 11) is 3.87. The zero-order chi connectivity index (χ0) is 7.28. The Balaban J connectivity index is 3.42. The Labute approximate surface area is 56.2 Å². The highest BCUT2D eigenvalue weighted by atomic mass is 16.1. The molecular weight excluding hydrogens is 116 g/mol. The molecule has 1 amide bonds. The molecule has 0 bridgehead atoms. The summed E-state index contributed by atoms with van der Waals surface area (Å²) >= 11 is 0. The Bertz CT molecular complexity index is 83.1. The first kappa shape index (κ1) is 8.43. The Morgan fingerprint density at radius 3 is 2.11 bits per heavy atom. The molecule has 54 valence electrons. The van der Waals surface area contributed by atoms with Gasteiger partial charge in [0.2, 0.25) is 6.41 Å². The molecule has 3 nitrogen and oxygen atoms in total. The predicted molar refractivity (Wildman–Crippen MR) is 37.0 cm³/mol. The first-order chi connectivity index (χ1) is 4.20. The maximum absolute atomic E-state index is 10.2. The largest absolute Gasteiger partial charge is 0.333 e. The fourth-order valence-corrected chi connectivity index (χ4v) is 0.571. The van der Waals surface area contributed by atoms with Crippen molar-refractivity contribution in [2.45, 2.75) is 6.92 Å². The zero-order valence-electron chi connectivity index (χ0n) is 6.29. The lowest BCUT2D eigenvalue weighted by molar-refractivity contribution is -0.119. The van der Waals surface area contributed by atoms with Crippen LogP contribution in [0, 0.1) is 0 Å². The van der Waals surface area contributed by atoms with E-state index in [0.717, 1.165) is 13.0 Å². The van der Waals surface area contributed by atoms with E-state index < -0.39 is 0 Å². The summed E-state index contributed by atoms with van der Waals surface area (Å²) < 4.78 is 0. The van der Waals surface area contributed by atoms with Gasteiger partial charge in [0.15, 0.2) is 0 Å². The second-order valence-corrected chi connectivity index (χ2v) is 2.23. The fraction of sp³-hybridized carbons (Fsp3) is 0.833. The summed E-state index contributed by atoms with van der Waals surface area (Å²) in [5, 5.41) is 0. The number of nitrogens with zero attached hydrogens (tertiary/aromatic N) is 2. The van der Waals surface area contributed by atoms with Crippen molar-refractivity contribution < 1.29 is 4.79 Å². The molecule has 0 fully saturated rings. The predicted octanol–water partition coefficient (Wildman–Crippen LogP) is -0.0162. The van der Waals surface area contributed by atoms with Crippen LogP contribution in [0.1, 0.15) is 6.92 Å². The van der Waals surface area contributed by atoms with E-state index in [1.165, 1.54) is 0 Å². The zero-order valence-corrected chi connectivity index (χ0v) is 6.29. The maximum atomic E-state index is 10.2. The van der Waals surface area contributed by atoms with Crippen LogP contribution in [0.25, 0.3) is 0 Å². The highest BCUT2D eigenvalue weighted by molar-refractivity contribution is 5.46. The van der Waals surface area contributed by atoms with Gasteiger partial charge in [0.05, 0.1) is 6.67 Å². The lowest BCUT2D eigenvalue weighted by atomic mass is 10.6. The van der Waals surface area contributed by atoms with Crippen molar-refractivity contribution in [2.75, 3.05) is 27.3 Å². The molecule has 0 saturated carbocycles. The van der Waals surface area contributed by atoms with Gasteiger partial charge in [-0.1, -0.05) is 0 Å². The third-order valence-electron chi connectivity index (χ3n) is 1.02. The molecule has 0 aromatic rings. The van der Waals surface area contributed by atoms with E-state index in [1.54, 1.807) is 4.90 Å². The van der Waals surface area contributed by atoms with Gasteiger partial charge < -0.3 is 4.90 Å². The van der Waals surface area contributed by atoms with Crippen LogP contribution in [0.4, 0.5) is 0 Å². The van der Waals surface area contributed by atoms with E-state index in [2.05, 4.69) is 0 Å². The third-order valence-corrected chi connectivity index (χ3v) is 1.02. The molecule has 0 spiro atoms. The minimum Gasteiger partial charge on any atom is -0.333 e. The Hall–Kier alpha value is -0.570. The molecule has 0 aromatic carbocycles. The van der Waals surface area contributed by atoms with Gasteiger partial charge in [0, 0.05) is 6.54 Å². The molecule has 0 heterocycles. The van der Waals surface area contributed by atoms with Gasteiger partial charge in [-0.05, 0) is 21.0 Å². The van der Waals surface area contributed by atoms with Crippen LogP contribution in [0.15, 0.2) is 0 Å². The second-order valence-electron chi connectivity index (χ2n) is 2.23. The van der Waals surface area contributed by atoms with Crippen molar-refractivity contribution in [3.8, 4) is 0 Å². The van der Waals surface area contributed by atoms with Crippen LogP contribution >= 0.6 is 0 Å². The molecular formula is C6H14N2O. The van der Waals surface area contributed by atoms with Crippen LogP contribution in [0.3, 0.4) is 0 Å². The standard InChI is InChI=1S/C6H14N2O/c1-4-8(6-9)5-7(2)3/h6H,4-5H2,1-3H3. The van der Waals surface area contributed by atoms with Gasteiger partial charge in [0.1, 0.15) is 0 Å². The Morgan fingerprint density at radius 1 is 1.44 bits per heavy atom. The quantitative estimate of drug-likeness (QED) is 0.394. The molecule has 0 N–H and O–H groups in total. The summed E-state index contributed by atoms with van der Waals surface area (Å²) in [5.74, 6) is 0. The highest BCUT2D eigenvalue weighted by Gasteiger charge is 1.96. The van der Waals surface area contributed by atoms with Crippen molar-refractivity contribution in [3.63, 3.8) is 0 Å². The summed E-state index contributed by atoms with van der Waals surface area (Å²) in [6, 6.07) is 0. The van der Waals surface area contributed by atoms with Crippen molar-refractivity contribution >= 4 is 6.41 Å². The van der Waals surface area contributed by atoms with Gasteiger partial charge in [-0.15, -0.1) is 0 Å². The van der Waals surface area contributed by atoms with E-state index in [4.69, 9.17) is 0 Å². The van der Waals surface area contributed by atoms with Crippen molar-refractivity contribution in [1.29, 1.82) is 0 Å². The summed E-state index contributed by atoms with van der Waals surface area (Å²) in [6.07, 6.45) is 0.861. The van der Waals surface area contributed by atoms with Crippen molar-refractivity contribution in [3.05, 3.63) is 0 Å². The van der Waals surface area contributed by atoms with Crippen LogP contribution in [0.5, 0.6) is 0 Å². The molecule has 0 atom stereocenters. The topological polar surface area (TPSA) is 23.6 Å². The molecule has 0 aliphatic heterocycles. The highest BCUT2D eigenvalue weighted by Crippen LogP contribution is 1.82. The van der Waals surface area contributed by atoms with E-state index in [0.29, 0.717) is 6.67 Å². The third kappa shape index (κ3) is 3.97. The maximum Gasteiger partial charge on any atom is 0.210 e.